The van der Waals surface area contributed by atoms with Gasteiger partial charge >= 0.3 is 0 Å². The molecule has 1 aromatic carbocycles. The van der Waals surface area contributed by atoms with Crippen LogP contribution >= 0.6 is 0 Å². The summed E-state index contributed by atoms with van der Waals surface area (Å²) in [6.45, 7) is 2.82. The van der Waals surface area contributed by atoms with Crippen molar-refractivity contribution >= 4 is 0 Å². The highest BCUT2D eigenvalue weighted by molar-refractivity contribution is 5.42. The molecule has 5 nitrogen and oxygen atoms in total. The summed E-state index contributed by atoms with van der Waals surface area (Å²) in [7, 11) is 3.61. The van der Waals surface area contributed by atoms with Crippen molar-refractivity contribution in [3.05, 3.63) is 41.7 Å². The number of fused-ring (bicyclic) bond motifs is 1. The van der Waals surface area contributed by atoms with E-state index in [0.717, 1.165) is 17.9 Å². The van der Waals surface area contributed by atoms with Gasteiger partial charge in [-0.05, 0) is 25.0 Å². The van der Waals surface area contributed by atoms with Crippen LogP contribution in [0, 0.1) is 0 Å². The number of hydrogen-bond acceptors (Lipinski definition) is 4. The van der Waals surface area contributed by atoms with Crippen molar-refractivity contribution in [2.45, 2.75) is 25.4 Å². The Balaban J connectivity index is 1.66. The van der Waals surface area contributed by atoms with E-state index in [1.54, 1.807) is 7.11 Å². The smallest absolute Gasteiger partial charge is 0.126 e. The van der Waals surface area contributed by atoms with E-state index in [1.165, 1.54) is 11.1 Å². The highest BCUT2D eigenvalue weighted by atomic mass is 16.5. The number of aryl methyl sites for hydroxylation is 1. The molecule has 1 aliphatic rings. The minimum Gasteiger partial charge on any atom is -0.497 e. The fourth-order valence-electron chi connectivity index (χ4n) is 2.70. The molecule has 0 spiro atoms. The van der Waals surface area contributed by atoms with E-state index in [2.05, 4.69) is 23.4 Å². The summed E-state index contributed by atoms with van der Waals surface area (Å²) in [5, 5.41) is 7.83. The van der Waals surface area contributed by atoms with E-state index in [4.69, 9.17) is 9.47 Å². The molecule has 0 saturated heterocycles. The van der Waals surface area contributed by atoms with Crippen LogP contribution in [0.1, 0.15) is 24.1 Å². The van der Waals surface area contributed by atoms with E-state index in [9.17, 15) is 0 Å². The number of rotatable bonds is 4. The number of benzene rings is 1. The lowest BCUT2D eigenvalue weighted by molar-refractivity contribution is 0.228. The van der Waals surface area contributed by atoms with Crippen LogP contribution in [0.15, 0.2) is 30.6 Å². The molecule has 2 aromatic rings. The largest absolute Gasteiger partial charge is 0.497 e. The molecular formula is C16H21N3O2. The van der Waals surface area contributed by atoms with E-state index >= 15 is 0 Å². The zero-order valence-electron chi connectivity index (χ0n) is 12.7. The average molecular weight is 287 g/mol. The summed E-state index contributed by atoms with van der Waals surface area (Å²) in [5.41, 5.74) is 2.41. The normalized spacial score (nSPS) is 18.7. The van der Waals surface area contributed by atoms with Crippen LogP contribution in [0.5, 0.6) is 11.5 Å². The summed E-state index contributed by atoms with van der Waals surface area (Å²) in [6, 6.07) is 6.58. The summed E-state index contributed by atoms with van der Waals surface area (Å²) in [4.78, 5) is 0. The van der Waals surface area contributed by atoms with Crippen LogP contribution in [0.25, 0.3) is 0 Å². The second-order valence-corrected chi connectivity index (χ2v) is 5.52. The number of nitrogens with one attached hydrogen (secondary N) is 1. The topological polar surface area (TPSA) is 48.3 Å². The van der Waals surface area contributed by atoms with Crippen molar-refractivity contribution < 1.29 is 9.47 Å². The average Bonchev–Trinajstić information content (AvgIpc) is 2.93. The molecule has 21 heavy (non-hydrogen) atoms. The molecule has 2 atom stereocenters. The molecule has 1 N–H and O–H groups in total. The van der Waals surface area contributed by atoms with Crippen LogP contribution in [0.3, 0.4) is 0 Å². The fraction of sp³-hybridized carbons (Fsp3) is 0.438. The lowest BCUT2D eigenvalue weighted by atomic mass is 10.0. The summed E-state index contributed by atoms with van der Waals surface area (Å²) < 4.78 is 12.9. The van der Waals surface area contributed by atoms with Crippen LogP contribution in [-0.4, -0.2) is 29.5 Å². The van der Waals surface area contributed by atoms with Gasteiger partial charge in [0.15, 0.2) is 0 Å². The van der Waals surface area contributed by atoms with Crippen molar-refractivity contribution in [3.8, 4) is 11.5 Å². The molecule has 2 heterocycles. The van der Waals surface area contributed by atoms with Gasteiger partial charge in [-0.25, -0.2) is 0 Å². The number of nitrogens with zero attached hydrogens (tertiary/aromatic N) is 2. The third-order valence-corrected chi connectivity index (χ3v) is 3.89. The minimum absolute atomic E-state index is 0.257. The van der Waals surface area contributed by atoms with Crippen molar-refractivity contribution in [1.82, 2.24) is 15.1 Å². The predicted molar refractivity (Wildman–Crippen MR) is 80.7 cm³/mol. The highest BCUT2D eigenvalue weighted by Gasteiger charge is 2.22. The number of ether oxygens (including phenoxy) is 2. The molecule has 0 bridgehead atoms. The number of methoxy groups -OCH3 is 1. The zero-order valence-corrected chi connectivity index (χ0v) is 12.7. The van der Waals surface area contributed by atoms with Crippen molar-refractivity contribution in [2.24, 2.45) is 7.05 Å². The van der Waals surface area contributed by atoms with Gasteiger partial charge < -0.3 is 14.8 Å². The first-order valence-electron chi connectivity index (χ1n) is 7.20. The molecule has 0 amide bonds. The monoisotopic (exact) mass is 287 g/mol. The number of aromatic nitrogens is 2. The minimum atomic E-state index is 0.257. The Kier molecular flexibility index (Phi) is 3.84. The van der Waals surface area contributed by atoms with Crippen molar-refractivity contribution in [3.63, 3.8) is 0 Å². The quantitative estimate of drug-likeness (QED) is 0.935. The molecule has 1 aromatic heterocycles. The maximum atomic E-state index is 5.86. The van der Waals surface area contributed by atoms with Gasteiger partial charge in [-0.3, -0.25) is 4.68 Å². The van der Waals surface area contributed by atoms with E-state index < -0.39 is 0 Å². The Bertz CT molecular complexity index is 624. The van der Waals surface area contributed by atoms with E-state index in [1.807, 2.05) is 36.3 Å². The van der Waals surface area contributed by atoms with Gasteiger partial charge in [0.2, 0.25) is 0 Å². The first-order valence-corrected chi connectivity index (χ1v) is 7.20. The highest BCUT2D eigenvalue weighted by Crippen LogP contribution is 2.29. The van der Waals surface area contributed by atoms with Crippen LogP contribution in [-0.2, 0) is 13.5 Å². The second-order valence-electron chi connectivity index (χ2n) is 5.52. The Morgan fingerprint density at radius 2 is 2.33 bits per heavy atom. The van der Waals surface area contributed by atoms with Gasteiger partial charge in [-0.2, -0.15) is 5.10 Å². The first kappa shape index (κ1) is 13.9. The van der Waals surface area contributed by atoms with Crippen LogP contribution < -0.4 is 14.8 Å². The standard InChI is InChI=1S/C16H21N3O2/c1-11(13-8-17-19(2)9-13)18-14-6-12-4-5-15(20-3)7-16(12)21-10-14/h4-5,7-9,11,14,18H,6,10H2,1-3H3/t11-,14-/m0/s1. The van der Waals surface area contributed by atoms with Gasteiger partial charge in [-0.15, -0.1) is 0 Å². The molecule has 0 aliphatic carbocycles. The Morgan fingerprint density at radius 3 is 3.05 bits per heavy atom. The lowest BCUT2D eigenvalue weighted by Gasteiger charge is -2.28. The van der Waals surface area contributed by atoms with E-state index in [0.29, 0.717) is 12.6 Å². The van der Waals surface area contributed by atoms with Crippen molar-refractivity contribution in [1.29, 1.82) is 0 Å². The molecule has 5 heteroatoms. The summed E-state index contributed by atoms with van der Waals surface area (Å²) in [5.74, 6) is 1.77. The van der Waals surface area contributed by atoms with E-state index in [-0.39, 0.29) is 6.04 Å². The van der Waals surface area contributed by atoms with Gasteiger partial charge in [0.25, 0.3) is 0 Å². The lowest BCUT2D eigenvalue weighted by Crippen LogP contribution is -2.40. The Labute approximate surface area is 124 Å². The third kappa shape index (κ3) is 3.03. The molecular weight excluding hydrogens is 266 g/mol. The molecule has 0 fully saturated rings. The van der Waals surface area contributed by atoms with Gasteiger partial charge in [0, 0.05) is 37.0 Å². The molecule has 1 aliphatic heterocycles. The third-order valence-electron chi connectivity index (χ3n) is 3.89. The maximum absolute atomic E-state index is 5.86. The van der Waals surface area contributed by atoms with Gasteiger partial charge in [0.05, 0.1) is 13.3 Å². The summed E-state index contributed by atoms with van der Waals surface area (Å²) >= 11 is 0. The molecule has 3 rings (SSSR count). The second kappa shape index (κ2) is 5.77. The van der Waals surface area contributed by atoms with Crippen LogP contribution in [0.4, 0.5) is 0 Å². The predicted octanol–water partition coefficient (Wildman–Crippen LogP) is 2.08. The Hall–Kier alpha value is -2.01. The van der Waals surface area contributed by atoms with Crippen LogP contribution in [0.2, 0.25) is 0 Å². The Morgan fingerprint density at radius 1 is 1.48 bits per heavy atom. The first-order chi connectivity index (χ1) is 10.2. The summed E-state index contributed by atoms with van der Waals surface area (Å²) in [6.07, 6.45) is 4.91. The molecule has 0 unspecified atom stereocenters. The van der Waals surface area contributed by atoms with Gasteiger partial charge in [0.1, 0.15) is 18.1 Å². The fourth-order valence-corrected chi connectivity index (χ4v) is 2.70. The number of hydrogen-bond donors (Lipinski definition) is 1. The zero-order chi connectivity index (χ0) is 14.8. The van der Waals surface area contributed by atoms with Crippen molar-refractivity contribution in [2.75, 3.05) is 13.7 Å². The molecule has 0 saturated carbocycles. The molecule has 112 valence electrons. The van der Waals surface area contributed by atoms with Gasteiger partial charge in [-0.1, -0.05) is 6.07 Å². The molecule has 0 radical (unpaired) electrons. The maximum Gasteiger partial charge on any atom is 0.126 e. The SMILES string of the molecule is COc1ccc2c(c1)OC[C@@H](N[C@@H](C)c1cnn(C)c1)C2.